The van der Waals surface area contributed by atoms with E-state index in [1.165, 1.54) is 0 Å². The minimum Gasteiger partial charge on any atom is -0.495 e. The van der Waals surface area contributed by atoms with Crippen molar-refractivity contribution in [2.24, 2.45) is 0 Å². The van der Waals surface area contributed by atoms with E-state index in [1.807, 2.05) is 19.1 Å². The molecule has 0 aliphatic rings. The Morgan fingerprint density at radius 1 is 1.67 bits per heavy atom. The number of hydrogen-bond acceptors (Lipinski definition) is 3. The average molecular weight is 162 g/mol. The predicted octanol–water partition coefficient (Wildman–Crippen LogP) is 1.46. The van der Waals surface area contributed by atoms with Crippen LogP contribution in [0.1, 0.15) is 11.3 Å². The van der Waals surface area contributed by atoms with Crippen LogP contribution in [0.3, 0.4) is 0 Å². The van der Waals surface area contributed by atoms with E-state index in [9.17, 15) is 0 Å². The molecule has 62 valence electrons. The summed E-state index contributed by atoms with van der Waals surface area (Å²) >= 11 is 0. The van der Waals surface area contributed by atoms with E-state index >= 15 is 0 Å². The lowest BCUT2D eigenvalue weighted by Gasteiger charge is -2.03. The fourth-order valence-corrected chi connectivity index (χ4v) is 0.993. The molecule has 0 radical (unpaired) electrons. The number of nitriles is 1. The van der Waals surface area contributed by atoms with Gasteiger partial charge in [0.05, 0.1) is 31.5 Å². The maximum atomic E-state index is 8.42. The molecule has 12 heavy (non-hydrogen) atoms. The maximum absolute atomic E-state index is 8.42. The molecule has 0 amide bonds. The molecule has 0 fully saturated rings. The highest BCUT2D eigenvalue weighted by Crippen LogP contribution is 2.15. The largest absolute Gasteiger partial charge is 0.495 e. The summed E-state index contributed by atoms with van der Waals surface area (Å²) < 4.78 is 5.03. The lowest BCUT2D eigenvalue weighted by Crippen LogP contribution is -1.93. The fraction of sp³-hybridized carbons (Fsp3) is 0.333. The highest BCUT2D eigenvalue weighted by atomic mass is 16.5. The van der Waals surface area contributed by atoms with Gasteiger partial charge in [-0.2, -0.15) is 5.26 Å². The van der Waals surface area contributed by atoms with Crippen molar-refractivity contribution < 1.29 is 4.74 Å². The van der Waals surface area contributed by atoms with Crippen LogP contribution in [0.5, 0.6) is 5.75 Å². The molecule has 1 heterocycles. The summed E-state index contributed by atoms with van der Waals surface area (Å²) in [6.07, 6.45) is 1.99. The number of pyridine rings is 1. The van der Waals surface area contributed by atoms with E-state index < -0.39 is 0 Å². The van der Waals surface area contributed by atoms with Crippen molar-refractivity contribution in [1.82, 2.24) is 4.98 Å². The van der Waals surface area contributed by atoms with Gasteiger partial charge in [-0.05, 0) is 18.6 Å². The molecule has 3 nitrogen and oxygen atoms in total. The van der Waals surface area contributed by atoms with Crippen LogP contribution in [0.25, 0.3) is 0 Å². The van der Waals surface area contributed by atoms with Crippen LogP contribution in [0, 0.1) is 18.3 Å². The maximum Gasteiger partial charge on any atom is 0.140 e. The summed E-state index contributed by atoms with van der Waals surface area (Å²) in [6.45, 7) is 1.93. The Morgan fingerprint density at radius 3 is 2.92 bits per heavy atom. The summed E-state index contributed by atoms with van der Waals surface area (Å²) in [5.41, 5.74) is 1.80. The summed E-state index contributed by atoms with van der Waals surface area (Å²) in [5.74, 6) is 0.761. The third-order valence-electron chi connectivity index (χ3n) is 1.60. The molecule has 0 aliphatic carbocycles. The molecule has 1 aromatic rings. The quantitative estimate of drug-likeness (QED) is 0.661. The fourth-order valence-electron chi connectivity index (χ4n) is 0.993. The van der Waals surface area contributed by atoms with E-state index in [1.54, 1.807) is 13.3 Å². The zero-order valence-electron chi connectivity index (χ0n) is 7.16. The van der Waals surface area contributed by atoms with E-state index in [2.05, 4.69) is 4.98 Å². The molecule has 0 aromatic carbocycles. The Morgan fingerprint density at radius 2 is 2.42 bits per heavy atom. The predicted molar refractivity (Wildman–Crippen MR) is 44.8 cm³/mol. The van der Waals surface area contributed by atoms with Gasteiger partial charge >= 0.3 is 0 Å². The van der Waals surface area contributed by atoms with Gasteiger partial charge in [-0.15, -0.1) is 0 Å². The smallest absolute Gasteiger partial charge is 0.140 e. The first-order chi connectivity index (χ1) is 5.77. The SMILES string of the molecule is COc1cnc(CC#N)cc1C. The van der Waals surface area contributed by atoms with E-state index in [4.69, 9.17) is 10.00 Å². The van der Waals surface area contributed by atoms with Gasteiger partial charge in [0.25, 0.3) is 0 Å². The molecule has 1 aromatic heterocycles. The molecule has 0 unspecified atom stereocenters. The minimum atomic E-state index is 0.352. The third kappa shape index (κ3) is 1.73. The molecule has 0 bridgehead atoms. The van der Waals surface area contributed by atoms with Crippen LogP contribution in [-0.2, 0) is 6.42 Å². The molecular weight excluding hydrogens is 152 g/mol. The first-order valence-corrected chi connectivity index (χ1v) is 3.64. The monoisotopic (exact) mass is 162 g/mol. The molecule has 0 atom stereocenters. The number of methoxy groups -OCH3 is 1. The second-order valence-electron chi connectivity index (χ2n) is 2.48. The number of rotatable bonds is 2. The topological polar surface area (TPSA) is 45.9 Å². The van der Waals surface area contributed by atoms with Crippen molar-refractivity contribution in [3.05, 3.63) is 23.5 Å². The summed E-state index contributed by atoms with van der Waals surface area (Å²) in [5, 5.41) is 8.42. The molecule has 0 spiro atoms. The Balaban J connectivity index is 2.95. The van der Waals surface area contributed by atoms with Crippen molar-refractivity contribution in [3.8, 4) is 11.8 Å². The average Bonchev–Trinajstić information content (AvgIpc) is 2.05. The van der Waals surface area contributed by atoms with E-state index in [0.717, 1.165) is 17.0 Å². The zero-order chi connectivity index (χ0) is 8.97. The zero-order valence-corrected chi connectivity index (χ0v) is 7.16. The summed E-state index contributed by atoms with van der Waals surface area (Å²) in [6, 6.07) is 3.91. The third-order valence-corrected chi connectivity index (χ3v) is 1.60. The second kappa shape index (κ2) is 3.72. The van der Waals surface area contributed by atoms with Gasteiger partial charge in [0.15, 0.2) is 0 Å². The van der Waals surface area contributed by atoms with Crippen molar-refractivity contribution in [3.63, 3.8) is 0 Å². The van der Waals surface area contributed by atoms with Crippen molar-refractivity contribution in [1.29, 1.82) is 5.26 Å². The van der Waals surface area contributed by atoms with Crippen LogP contribution in [0.2, 0.25) is 0 Å². The van der Waals surface area contributed by atoms with Gasteiger partial charge in [0, 0.05) is 0 Å². The van der Waals surface area contributed by atoms with Gasteiger partial charge in [-0.1, -0.05) is 0 Å². The second-order valence-corrected chi connectivity index (χ2v) is 2.48. The van der Waals surface area contributed by atoms with Crippen LogP contribution >= 0.6 is 0 Å². The Labute approximate surface area is 71.6 Å². The van der Waals surface area contributed by atoms with Gasteiger partial charge in [-0.3, -0.25) is 4.98 Å². The van der Waals surface area contributed by atoms with Gasteiger partial charge in [-0.25, -0.2) is 0 Å². The summed E-state index contributed by atoms with van der Waals surface area (Å²) in [4.78, 5) is 4.05. The highest BCUT2D eigenvalue weighted by Gasteiger charge is 1.99. The number of nitrogens with zero attached hydrogens (tertiary/aromatic N) is 2. The van der Waals surface area contributed by atoms with Gasteiger partial charge in [0.2, 0.25) is 0 Å². The molecule has 0 N–H and O–H groups in total. The molecule has 1 rings (SSSR count). The minimum absolute atomic E-state index is 0.352. The normalized spacial score (nSPS) is 9.08. The number of hydrogen-bond donors (Lipinski definition) is 0. The standard InChI is InChI=1S/C9H10N2O/c1-7-5-8(3-4-10)11-6-9(7)12-2/h5-6H,3H2,1-2H3. The Kier molecular flexibility index (Phi) is 2.65. The lowest BCUT2D eigenvalue weighted by atomic mass is 10.2. The molecule has 3 heteroatoms. The first-order valence-electron chi connectivity index (χ1n) is 3.64. The van der Waals surface area contributed by atoms with Crippen LogP contribution in [-0.4, -0.2) is 12.1 Å². The van der Waals surface area contributed by atoms with Gasteiger partial charge in [0.1, 0.15) is 5.75 Å². The number of aryl methyl sites for hydroxylation is 1. The van der Waals surface area contributed by atoms with E-state index in [0.29, 0.717) is 6.42 Å². The lowest BCUT2D eigenvalue weighted by molar-refractivity contribution is 0.409. The molecule has 0 saturated heterocycles. The van der Waals surface area contributed by atoms with Crippen LogP contribution in [0.15, 0.2) is 12.3 Å². The van der Waals surface area contributed by atoms with Crippen molar-refractivity contribution >= 4 is 0 Å². The van der Waals surface area contributed by atoms with Crippen molar-refractivity contribution in [2.45, 2.75) is 13.3 Å². The summed E-state index contributed by atoms with van der Waals surface area (Å²) in [7, 11) is 1.61. The Hall–Kier alpha value is -1.56. The first kappa shape index (κ1) is 8.54. The van der Waals surface area contributed by atoms with Gasteiger partial charge < -0.3 is 4.74 Å². The molecule has 0 aliphatic heterocycles. The van der Waals surface area contributed by atoms with Crippen LogP contribution < -0.4 is 4.74 Å². The molecule has 0 saturated carbocycles. The van der Waals surface area contributed by atoms with Crippen molar-refractivity contribution in [2.75, 3.05) is 7.11 Å². The molecular formula is C9H10N2O. The highest BCUT2D eigenvalue weighted by molar-refractivity contribution is 5.31. The number of ether oxygens (including phenoxy) is 1. The number of aromatic nitrogens is 1. The van der Waals surface area contributed by atoms with Crippen LogP contribution in [0.4, 0.5) is 0 Å². The van der Waals surface area contributed by atoms with E-state index in [-0.39, 0.29) is 0 Å². The Bertz CT molecular complexity index is 315.